The molecule has 0 aliphatic heterocycles. The number of unbranched alkanes of at least 4 members (excludes halogenated alkanes) is 1. The zero-order chi connectivity index (χ0) is 15.0. The van der Waals surface area contributed by atoms with Gasteiger partial charge in [-0.2, -0.15) is 5.26 Å². The highest BCUT2D eigenvalue weighted by Gasteiger charge is 2.21. The number of thioether (sulfide) groups is 1. The number of aryl methyl sites for hydroxylation is 2. The Labute approximate surface area is 126 Å². The summed E-state index contributed by atoms with van der Waals surface area (Å²) in [5, 5.41) is 13.3. The van der Waals surface area contributed by atoms with Crippen LogP contribution in [0.2, 0.25) is 0 Å². The van der Waals surface area contributed by atoms with Crippen molar-refractivity contribution in [3.8, 4) is 6.07 Å². The molecule has 0 saturated carbocycles. The average molecular weight is 295 g/mol. The van der Waals surface area contributed by atoms with E-state index in [9.17, 15) is 5.26 Å². The number of oxazole rings is 1. The minimum Gasteiger partial charge on any atom is -0.437 e. The minimum atomic E-state index is -0.392. The van der Waals surface area contributed by atoms with E-state index in [1.807, 2.05) is 20.8 Å². The molecule has 1 atom stereocenters. The van der Waals surface area contributed by atoms with E-state index in [0.717, 1.165) is 54.7 Å². The van der Waals surface area contributed by atoms with E-state index in [1.165, 1.54) is 0 Å². The van der Waals surface area contributed by atoms with Gasteiger partial charge in [-0.05, 0) is 53.0 Å². The molecular weight excluding hydrogens is 270 g/mol. The number of rotatable bonds is 9. The fourth-order valence-electron chi connectivity index (χ4n) is 1.83. The first kappa shape index (κ1) is 17.1. The molecule has 0 bridgehead atoms. The molecule has 20 heavy (non-hydrogen) atoms. The lowest BCUT2D eigenvalue weighted by molar-refractivity contribution is 0.405. The summed E-state index contributed by atoms with van der Waals surface area (Å²) in [4.78, 5) is 4.34. The van der Waals surface area contributed by atoms with E-state index < -0.39 is 5.54 Å². The maximum atomic E-state index is 9.24. The number of nitriles is 1. The van der Waals surface area contributed by atoms with Gasteiger partial charge in [-0.25, -0.2) is 4.98 Å². The van der Waals surface area contributed by atoms with Crippen LogP contribution in [-0.2, 0) is 0 Å². The van der Waals surface area contributed by atoms with E-state index in [4.69, 9.17) is 4.42 Å². The fourth-order valence-corrected chi connectivity index (χ4v) is 2.74. The zero-order valence-electron chi connectivity index (χ0n) is 13.0. The van der Waals surface area contributed by atoms with E-state index in [0.29, 0.717) is 0 Å². The Kier molecular flexibility index (Phi) is 7.11. The van der Waals surface area contributed by atoms with Gasteiger partial charge in [0.2, 0.25) is 0 Å². The van der Waals surface area contributed by atoms with Crippen LogP contribution in [0.5, 0.6) is 0 Å². The number of nitrogens with one attached hydrogen (secondary N) is 1. The Hall–Kier alpha value is -0.990. The molecule has 0 fully saturated rings. The standard InChI is InChI=1S/C15H25N3OS/c1-5-9-17-15(4,11-16)8-6-7-10-20-14-18-12(2)13(3)19-14/h17H,5-10H2,1-4H3. The molecule has 0 aliphatic rings. The first-order valence-electron chi connectivity index (χ1n) is 7.24. The molecule has 0 radical (unpaired) electrons. The Balaban J connectivity index is 2.22. The van der Waals surface area contributed by atoms with Crippen molar-refractivity contribution in [3.05, 3.63) is 11.5 Å². The smallest absolute Gasteiger partial charge is 0.256 e. The van der Waals surface area contributed by atoms with Crippen LogP contribution in [0, 0.1) is 25.2 Å². The maximum Gasteiger partial charge on any atom is 0.256 e. The molecule has 0 spiro atoms. The van der Waals surface area contributed by atoms with Gasteiger partial charge in [-0.3, -0.25) is 5.32 Å². The van der Waals surface area contributed by atoms with Crippen molar-refractivity contribution in [2.45, 2.75) is 64.1 Å². The zero-order valence-corrected chi connectivity index (χ0v) is 13.8. The van der Waals surface area contributed by atoms with Crippen molar-refractivity contribution in [3.63, 3.8) is 0 Å². The quantitative estimate of drug-likeness (QED) is 0.554. The topological polar surface area (TPSA) is 61.9 Å². The lowest BCUT2D eigenvalue weighted by Crippen LogP contribution is -2.41. The van der Waals surface area contributed by atoms with Gasteiger partial charge in [0.15, 0.2) is 0 Å². The van der Waals surface area contributed by atoms with E-state index >= 15 is 0 Å². The molecule has 112 valence electrons. The van der Waals surface area contributed by atoms with E-state index in [1.54, 1.807) is 11.8 Å². The van der Waals surface area contributed by atoms with Gasteiger partial charge in [0.05, 0.1) is 11.8 Å². The molecule has 1 N–H and O–H groups in total. The Morgan fingerprint density at radius 3 is 2.70 bits per heavy atom. The van der Waals surface area contributed by atoms with Crippen LogP contribution in [-0.4, -0.2) is 22.8 Å². The highest BCUT2D eigenvalue weighted by Crippen LogP contribution is 2.22. The van der Waals surface area contributed by atoms with Crippen LogP contribution >= 0.6 is 11.8 Å². The van der Waals surface area contributed by atoms with Gasteiger partial charge in [-0.1, -0.05) is 18.7 Å². The minimum absolute atomic E-state index is 0.392. The summed E-state index contributed by atoms with van der Waals surface area (Å²) >= 11 is 1.65. The average Bonchev–Trinajstić information content (AvgIpc) is 2.75. The number of hydrogen-bond acceptors (Lipinski definition) is 5. The van der Waals surface area contributed by atoms with Crippen molar-refractivity contribution in [1.82, 2.24) is 10.3 Å². The molecule has 4 nitrogen and oxygen atoms in total. The maximum absolute atomic E-state index is 9.24. The van der Waals surface area contributed by atoms with Crippen LogP contribution in [0.15, 0.2) is 9.64 Å². The van der Waals surface area contributed by atoms with Gasteiger partial charge in [0.1, 0.15) is 11.3 Å². The van der Waals surface area contributed by atoms with Crippen LogP contribution < -0.4 is 5.32 Å². The van der Waals surface area contributed by atoms with E-state index in [2.05, 4.69) is 23.3 Å². The molecule has 1 unspecified atom stereocenters. The van der Waals surface area contributed by atoms with Crippen molar-refractivity contribution in [1.29, 1.82) is 5.26 Å². The summed E-state index contributed by atoms with van der Waals surface area (Å²) in [7, 11) is 0. The second-order valence-electron chi connectivity index (χ2n) is 5.30. The predicted molar refractivity (Wildman–Crippen MR) is 82.9 cm³/mol. The summed E-state index contributed by atoms with van der Waals surface area (Å²) < 4.78 is 5.52. The van der Waals surface area contributed by atoms with Crippen molar-refractivity contribution >= 4 is 11.8 Å². The molecule has 0 saturated heterocycles. The first-order valence-corrected chi connectivity index (χ1v) is 8.22. The molecule has 1 aromatic rings. The largest absolute Gasteiger partial charge is 0.437 e. The second-order valence-corrected chi connectivity index (χ2v) is 6.34. The van der Waals surface area contributed by atoms with Crippen LogP contribution in [0.1, 0.15) is 51.0 Å². The Morgan fingerprint density at radius 1 is 1.40 bits per heavy atom. The number of hydrogen-bond donors (Lipinski definition) is 1. The summed E-state index contributed by atoms with van der Waals surface area (Å²) in [5.74, 6) is 1.88. The molecule has 1 rings (SSSR count). The van der Waals surface area contributed by atoms with Gasteiger partial charge < -0.3 is 4.42 Å². The normalized spacial score (nSPS) is 13.9. The highest BCUT2D eigenvalue weighted by atomic mass is 32.2. The second kappa shape index (κ2) is 8.33. The highest BCUT2D eigenvalue weighted by molar-refractivity contribution is 7.99. The van der Waals surface area contributed by atoms with Crippen LogP contribution in [0.3, 0.4) is 0 Å². The molecule has 0 aromatic carbocycles. The SMILES string of the molecule is CCCNC(C)(C#N)CCCCSc1nc(C)c(C)o1. The lowest BCUT2D eigenvalue weighted by Gasteiger charge is -2.22. The Morgan fingerprint density at radius 2 is 2.15 bits per heavy atom. The third kappa shape index (κ3) is 5.56. The van der Waals surface area contributed by atoms with Gasteiger partial charge >= 0.3 is 0 Å². The fraction of sp³-hybridized carbons (Fsp3) is 0.733. The van der Waals surface area contributed by atoms with Crippen molar-refractivity contribution in [2.24, 2.45) is 0 Å². The van der Waals surface area contributed by atoms with Crippen LogP contribution in [0.25, 0.3) is 0 Å². The van der Waals surface area contributed by atoms with Gasteiger partial charge in [0, 0.05) is 5.75 Å². The first-order chi connectivity index (χ1) is 9.50. The number of aromatic nitrogens is 1. The molecular formula is C15H25N3OS. The molecule has 1 heterocycles. The van der Waals surface area contributed by atoms with Gasteiger partial charge in [0.25, 0.3) is 5.22 Å². The molecule has 5 heteroatoms. The third-order valence-corrected chi connectivity index (χ3v) is 4.23. The predicted octanol–water partition coefficient (Wildman–Crippen LogP) is 3.84. The monoisotopic (exact) mass is 295 g/mol. The van der Waals surface area contributed by atoms with Crippen molar-refractivity contribution in [2.75, 3.05) is 12.3 Å². The summed E-state index contributed by atoms with van der Waals surface area (Å²) in [6.07, 6.45) is 4.03. The van der Waals surface area contributed by atoms with Crippen LogP contribution in [0.4, 0.5) is 0 Å². The summed E-state index contributed by atoms with van der Waals surface area (Å²) in [5.41, 5.74) is 0.574. The number of nitrogens with zero attached hydrogens (tertiary/aromatic N) is 2. The molecule has 0 amide bonds. The Bertz CT molecular complexity index is 433. The molecule has 0 aliphatic carbocycles. The van der Waals surface area contributed by atoms with E-state index in [-0.39, 0.29) is 0 Å². The summed E-state index contributed by atoms with van der Waals surface area (Å²) in [6.45, 7) is 8.89. The van der Waals surface area contributed by atoms with Crippen molar-refractivity contribution < 1.29 is 4.42 Å². The molecule has 1 aromatic heterocycles. The van der Waals surface area contributed by atoms with Gasteiger partial charge in [-0.15, -0.1) is 0 Å². The third-order valence-electron chi connectivity index (χ3n) is 3.32. The lowest BCUT2D eigenvalue weighted by atomic mass is 9.96. The summed E-state index contributed by atoms with van der Waals surface area (Å²) in [6, 6.07) is 2.38.